The highest BCUT2D eigenvalue weighted by Crippen LogP contribution is 2.36. The number of ether oxygens (including phenoxy) is 2. The molecule has 0 radical (unpaired) electrons. The van der Waals surface area contributed by atoms with E-state index in [1.807, 2.05) is 41.3 Å². The largest absolute Gasteiger partial charge is 0.486 e. The number of para-hydroxylation sites is 1. The number of nitrogens with zero attached hydrogens (tertiary/aromatic N) is 1. The lowest BCUT2D eigenvalue weighted by Crippen LogP contribution is -2.36. The van der Waals surface area contributed by atoms with Gasteiger partial charge in [0, 0.05) is 16.6 Å². The molecule has 0 aromatic heterocycles. The fourth-order valence-corrected chi connectivity index (χ4v) is 4.06. The van der Waals surface area contributed by atoms with Crippen molar-refractivity contribution in [3.8, 4) is 11.5 Å². The summed E-state index contributed by atoms with van der Waals surface area (Å²) in [5.74, 6) is 2.10. The lowest BCUT2D eigenvalue weighted by molar-refractivity contribution is -0.116. The highest BCUT2D eigenvalue weighted by molar-refractivity contribution is 8.00. The van der Waals surface area contributed by atoms with Gasteiger partial charge in [0.1, 0.15) is 13.2 Å². The van der Waals surface area contributed by atoms with Gasteiger partial charge in [-0.15, -0.1) is 11.8 Å². The van der Waals surface area contributed by atoms with E-state index in [9.17, 15) is 4.79 Å². The van der Waals surface area contributed by atoms with E-state index in [1.54, 1.807) is 0 Å². The first-order valence-electron chi connectivity index (χ1n) is 8.15. The van der Waals surface area contributed by atoms with Crippen LogP contribution in [-0.2, 0) is 11.2 Å². The molecular formula is C19H19NO3S. The van der Waals surface area contributed by atoms with Crippen LogP contribution in [0.1, 0.15) is 12.5 Å². The van der Waals surface area contributed by atoms with E-state index in [2.05, 4.69) is 13.0 Å². The Kier molecular flexibility index (Phi) is 4.10. The van der Waals surface area contributed by atoms with Gasteiger partial charge in [0.25, 0.3) is 0 Å². The molecule has 2 aromatic rings. The van der Waals surface area contributed by atoms with Gasteiger partial charge in [-0.05, 0) is 43.2 Å². The first-order valence-corrected chi connectivity index (χ1v) is 9.13. The molecule has 2 aliphatic rings. The third kappa shape index (κ3) is 2.84. The van der Waals surface area contributed by atoms with Gasteiger partial charge in [0.15, 0.2) is 11.5 Å². The van der Waals surface area contributed by atoms with Crippen molar-refractivity contribution in [2.24, 2.45) is 0 Å². The van der Waals surface area contributed by atoms with Gasteiger partial charge >= 0.3 is 0 Å². The van der Waals surface area contributed by atoms with Crippen LogP contribution in [0.25, 0.3) is 0 Å². The van der Waals surface area contributed by atoms with E-state index in [0.29, 0.717) is 19.0 Å². The summed E-state index contributed by atoms with van der Waals surface area (Å²) in [5, 5.41) is 0. The van der Waals surface area contributed by atoms with Crippen molar-refractivity contribution in [1.82, 2.24) is 0 Å². The molecule has 0 fully saturated rings. The molecule has 0 aliphatic carbocycles. The van der Waals surface area contributed by atoms with Crippen LogP contribution in [0.2, 0.25) is 0 Å². The maximum absolute atomic E-state index is 12.7. The second-order valence-corrected chi connectivity index (χ2v) is 7.09. The van der Waals surface area contributed by atoms with Gasteiger partial charge in [0.2, 0.25) is 5.91 Å². The number of amides is 1. The summed E-state index contributed by atoms with van der Waals surface area (Å²) in [5.41, 5.74) is 2.31. The SMILES string of the molecule is CC1Cc2ccccc2N1C(=O)CSc1ccc2c(c1)OCCO2. The number of thioether (sulfide) groups is 1. The molecule has 0 bridgehead atoms. The van der Waals surface area contributed by atoms with Crippen LogP contribution in [0.3, 0.4) is 0 Å². The predicted molar refractivity (Wildman–Crippen MR) is 95.3 cm³/mol. The molecule has 2 heterocycles. The van der Waals surface area contributed by atoms with E-state index >= 15 is 0 Å². The summed E-state index contributed by atoms with van der Waals surface area (Å²) in [6, 6.07) is 14.2. The van der Waals surface area contributed by atoms with Crippen molar-refractivity contribution in [3.63, 3.8) is 0 Å². The monoisotopic (exact) mass is 341 g/mol. The maximum Gasteiger partial charge on any atom is 0.237 e. The Morgan fingerprint density at radius 3 is 2.83 bits per heavy atom. The Labute approximate surface area is 145 Å². The van der Waals surface area contributed by atoms with E-state index in [4.69, 9.17) is 9.47 Å². The van der Waals surface area contributed by atoms with Crippen molar-refractivity contribution >= 4 is 23.4 Å². The number of carbonyl (C=O) groups is 1. The molecule has 5 heteroatoms. The Morgan fingerprint density at radius 2 is 1.96 bits per heavy atom. The van der Waals surface area contributed by atoms with E-state index < -0.39 is 0 Å². The molecule has 1 unspecified atom stereocenters. The number of benzene rings is 2. The molecule has 1 atom stereocenters. The van der Waals surface area contributed by atoms with Crippen LogP contribution in [-0.4, -0.2) is 30.9 Å². The molecule has 0 N–H and O–H groups in total. The summed E-state index contributed by atoms with van der Waals surface area (Å²) in [6.07, 6.45) is 0.927. The first-order chi connectivity index (χ1) is 11.7. The van der Waals surface area contributed by atoms with Crippen LogP contribution >= 0.6 is 11.8 Å². The quantitative estimate of drug-likeness (QED) is 0.801. The molecule has 4 nitrogen and oxygen atoms in total. The summed E-state index contributed by atoms with van der Waals surface area (Å²) >= 11 is 1.54. The average Bonchev–Trinajstić information content (AvgIpc) is 2.95. The number of fused-ring (bicyclic) bond motifs is 2. The molecule has 124 valence electrons. The Balaban J connectivity index is 1.45. The minimum Gasteiger partial charge on any atom is -0.486 e. The molecular weight excluding hydrogens is 322 g/mol. The Morgan fingerprint density at radius 1 is 1.17 bits per heavy atom. The standard InChI is InChI=1S/C19H19NO3S/c1-13-10-14-4-2-3-5-16(14)20(13)19(21)12-24-15-6-7-17-18(11-15)23-9-8-22-17/h2-7,11,13H,8-10,12H2,1H3. The maximum atomic E-state index is 12.7. The fraction of sp³-hybridized carbons (Fsp3) is 0.316. The van der Waals surface area contributed by atoms with Crippen molar-refractivity contribution < 1.29 is 14.3 Å². The highest BCUT2D eigenvalue weighted by Gasteiger charge is 2.30. The fourth-order valence-electron chi connectivity index (χ4n) is 3.27. The topological polar surface area (TPSA) is 38.8 Å². The van der Waals surface area contributed by atoms with Crippen LogP contribution < -0.4 is 14.4 Å². The van der Waals surface area contributed by atoms with Gasteiger partial charge in [-0.2, -0.15) is 0 Å². The second-order valence-electron chi connectivity index (χ2n) is 6.04. The summed E-state index contributed by atoms with van der Waals surface area (Å²) in [6.45, 7) is 3.26. The van der Waals surface area contributed by atoms with Gasteiger partial charge in [-0.25, -0.2) is 0 Å². The van der Waals surface area contributed by atoms with Gasteiger partial charge < -0.3 is 14.4 Å². The number of hydrogen-bond acceptors (Lipinski definition) is 4. The Hall–Kier alpha value is -2.14. The van der Waals surface area contributed by atoms with E-state index in [1.165, 1.54) is 17.3 Å². The van der Waals surface area contributed by atoms with Crippen molar-refractivity contribution in [3.05, 3.63) is 48.0 Å². The summed E-state index contributed by atoms with van der Waals surface area (Å²) in [4.78, 5) is 15.7. The van der Waals surface area contributed by atoms with Crippen molar-refractivity contribution in [1.29, 1.82) is 0 Å². The van der Waals surface area contributed by atoms with Crippen molar-refractivity contribution in [2.75, 3.05) is 23.9 Å². The average molecular weight is 341 g/mol. The minimum absolute atomic E-state index is 0.146. The minimum atomic E-state index is 0.146. The normalized spacial score (nSPS) is 18.4. The smallest absolute Gasteiger partial charge is 0.237 e. The van der Waals surface area contributed by atoms with E-state index in [0.717, 1.165) is 28.5 Å². The third-order valence-corrected chi connectivity index (χ3v) is 5.33. The van der Waals surface area contributed by atoms with Gasteiger partial charge in [-0.3, -0.25) is 4.79 Å². The number of anilines is 1. The lowest BCUT2D eigenvalue weighted by Gasteiger charge is -2.23. The predicted octanol–water partition coefficient (Wildman–Crippen LogP) is 3.53. The van der Waals surface area contributed by atoms with E-state index in [-0.39, 0.29) is 11.9 Å². The van der Waals surface area contributed by atoms with Crippen LogP contribution in [0.5, 0.6) is 11.5 Å². The molecule has 2 aromatic carbocycles. The van der Waals surface area contributed by atoms with Crippen LogP contribution in [0.4, 0.5) is 5.69 Å². The zero-order valence-electron chi connectivity index (χ0n) is 13.5. The molecule has 2 aliphatic heterocycles. The molecule has 24 heavy (non-hydrogen) atoms. The van der Waals surface area contributed by atoms with Crippen molar-refractivity contribution in [2.45, 2.75) is 24.3 Å². The molecule has 0 saturated heterocycles. The Bertz CT molecular complexity index is 777. The molecule has 0 spiro atoms. The molecule has 4 rings (SSSR count). The highest BCUT2D eigenvalue weighted by atomic mass is 32.2. The first kappa shape index (κ1) is 15.4. The third-order valence-electron chi connectivity index (χ3n) is 4.35. The zero-order chi connectivity index (χ0) is 16.5. The van der Waals surface area contributed by atoms with Gasteiger partial charge in [-0.1, -0.05) is 18.2 Å². The van der Waals surface area contributed by atoms with Crippen LogP contribution in [0.15, 0.2) is 47.4 Å². The second kappa shape index (κ2) is 6.40. The lowest BCUT2D eigenvalue weighted by atomic mass is 10.1. The van der Waals surface area contributed by atoms with Crippen LogP contribution in [0, 0.1) is 0 Å². The molecule has 1 amide bonds. The van der Waals surface area contributed by atoms with Gasteiger partial charge in [0.05, 0.1) is 5.75 Å². The zero-order valence-corrected chi connectivity index (χ0v) is 14.3. The summed E-state index contributed by atoms with van der Waals surface area (Å²) < 4.78 is 11.1. The summed E-state index contributed by atoms with van der Waals surface area (Å²) in [7, 11) is 0. The number of rotatable bonds is 3. The number of carbonyl (C=O) groups excluding carboxylic acids is 1. The molecule has 0 saturated carbocycles. The number of hydrogen-bond donors (Lipinski definition) is 0.